The van der Waals surface area contributed by atoms with Crippen molar-refractivity contribution >= 4 is 44.9 Å². The van der Waals surface area contributed by atoms with E-state index >= 15 is 0 Å². The lowest BCUT2D eigenvalue weighted by atomic mass is 10.1. The summed E-state index contributed by atoms with van der Waals surface area (Å²) >= 11 is 1.37. The second-order valence-corrected chi connectivity index (χ2v) is 9.71. The molecule has 2 amide bonds. The molecule has 0 atom stereocenters. The summed E-state index contributed by atoms with van der Waals surface area (Å²) in [7, 11) is 0. The van der Waals surface area contributed by atoms with Gasteiger partial charge in [-0.05, 0) is 63.1 Å². The van der Waals surface area contributed by atoms with Crippen LogP contribution in [0.3, 0.4) is 0 Å². The van der Waals surface area contributed by atoms with Gasteiger partial charge < -0.3 is 16.0 Å². The molecule has 3 aromatic heterocycles. The molecule has 0 saturated heterocycles. The van der Waals surface area contributed by atoms with Gasteiger partial charge in [0.2, 0.25) is 0 Å². The van der Waals surface area contributed by atoms with Gasteiger partial charge in [-0.15, -0.1) is 11.3 Å². The summed E-state index contributed by atoms with van der Waals surface area (Å²) in [5.74, 6) is 0.311. The Morgan fingerprint density at radius 2 is 1.82 bits per heavy atom. The maximum absolute atomic E-state index is 12.7. The zero-order valence-corrected chi connectivity index (χ0v) is 19.8. The number of hydrogen-bond donors (Lipinski definition) is 3. The molecule has 0 bridgehead atoms. The van der Waals surface area contributed by atoms with E-state index in [2.05, 4.69) is 20.9 Å². The van der Waals surface area contributed by atoms with Gasteiger partial charge in [-0.1, -0.05) is 18.2 Å². The highest BCUT2D eigenvalue weighted by atomic mass is 32.1. The Morgan fingerprint density at radius 1 is 1.03 bits per heavy atom. The summed E-state index contributed by atoms with van der Waals surface area (Å²) in [6.45, 7) is 3.87. The van der Waals surface area contributed by atoms with Gasteiger partial charge >= 0.3 is 0 Å². The van der Waals surface area contributed by atoms with Crippen LogP contribution in [0.5, 0.6) is 0 Å². The normalized spacial score (nSPS) is 13.1. The van der Waals surface area contributed by atoms with Crippen LogP contribution in [0.1, 0.15) is 46.7 Å². The fraction of sp³-hybridized carbons (Fsp3) is 0.231. The molecule has 5 rings (SSSR count). The Labute approximate surface area is 201 Å². The molecule has 1 saturated carbocycles. The monoisotopic (exact) mass is 471 g/mol. The molecular weight excluding hydrogens is 446 g/mol. The minimum Gasteiger partial charge on any atom is -0.367 e. The average molecular weight is 472 g/mol. The fourth-order valence-electron chi connectivity index (χ4n) is 3.58. The number of carbonyl (C=O) groups excluding carboxylic acids is 2. The molecule has 0 aliphatic heterocycles. The van der Waals surface area contributed by atoms with Gasteiger partial charge in [-0.3, -0.25) is 9.59 Å². The van der Waals surface area contributed by atoms with E-state index in [1.54, 1.807) is 6.20 Å². The van der Waals surface area contributed by atoms with E-state index in [0.29, 0.717) is 28.0 Å². The Bertz CT molecular complexity index is 1330. The van der Waals surface area contributed by atoms with Crippen molar-refractivity contribution in [3.8, 4) is 11.3 Å². The van der Waals surface area contributed by atoms with Crippen molar-refractivity contribution in [2.75, 3.05) is 10.6 Å². The Hall–Kier alpha value is -3.78. The van der Waals surface area contributed by atoms with E-state index in [1.165, 1.54) is 11.3 Å². The third-order valence-corrected chi connectivity index (χ3v) is 6.49. The first-order chi connectivity index (χ1) is 16.5. The summed E-state index contributed by atoms with van der Waals surface area (Å²) in [4.78, 5) is 35.8. The van der Waals surface area contributed by atoms with Crippen LogP contribution in [-0.4, -0.2) is 33.9 Å². The molecule has 1 aromatic carbocycles. The van der Waals surface area contributed by atoms with Crippen LogP contribution in [0.25, 0.3) is 21.5 Å². The zero-order chi connectivity index (χ0) is 23.7. The second kappa shape index (κ2) is 9.23. The second-order valence-electron chi connectivity index (χ2n) is 8.68. The molecule has 3 N–H and O–H groups in total. The molecule has 1 aliphatic rings. The number of pyridine rings is 2. The van der Waals surface area contributed by atoms with E-state index < -0.39 is 0 Å². The zero-order valence-electron chi connectivity index (χ0n) is 19.0. The van der Waals surface area contributed by atoms with E-state index in [1.807, 2.05) is 68.4 Å². The van der Waals surface area contributed by atoms with Gasteiger partial charge in [0, 0.05) is 34.9 Å². The largest absolute Gasteiger partial charge is 0.367 e. The van der Waals surface area contributed by atoms with Gasteiger partial charge in [0.1, 0.15) is 10.6 Å². The number of thiophene rings is 1. The number of aromatic nitrogens is 2. The van der Waals surface area contributed by atoms with Crippen molar-refractivity contribution in [2.24, 2.45) is 0 Å². The number of anilines is 2. The molecule has 7 nitrogen and oxygen atoms in total. The number of fused-ring (bicyclic) bond motifs is 1. The Morgan fingerprint density at radius 3 is 2.53 bits per heavy atom. The van der Waals surface area contributed by atoms with Crippen LogP contribution in [0.4, 0.5) is 11.5 Å². The molecule has 1 aliphatic carbocycles. The third kappa shape index (κ3) is 4.92. The lowest BCUT2D eigenvalue weighted by Crippen LogP contribution is -2.31. The van der Waals surface area contributed by atoms with Crippen LogP contribution in [0, 0.1) is 0 Å². The quantitative estimate of drug-likeness (QED) is 0.339. The maximum atomic E-state index is 12.7. The SMILES string of the molecule is CC(C)NC(=O)c1ccc(-c2ccc(NC(=O)c3cc4cccnc4s3)cc2)nc1NC1CC1. The van der Waals surface area contributed by atoms with Gasteiger partial charge in [0.15, 0.2) is 0 Å². The third-order valence-electron chi connectivity index (χ3n) is 5.43. The predicted molar refractivity (Wildman–Crippen MR) is 136 cm³/mol. The highest BCUT2D eigenvalue weighted by Crippen LogP contribution is 2.29. The number of rotatable bonds is 7. The summed E-state index contributed by atoms with van der Waals surface area (Å²) in [5, 5.41) is 10.2. The number of benzene rings is 1. The first-order valence-corrected chi connectivity index (χ1v) is 12.1. The number of hydrogen-bond acceptors (Lipinski definition) is 6. The molecule has 34 heavy (non-hydrogen) atoms. The molecule has 4 aromatic rings. The van der Waals surface area contributed by atoms with Crippen molar-refractivity contribution in [1.82, 2.24) is 15.3 Å². The standard InChI is InChI=1S/C26H25N5O2S/c1-15(2)28-24(32)20-11-12-21(31-23(20)29-18-9-10-18)16-5-7-19(8-6-16)30-25(33)22-14-17-4-3-13-27-26(17)34-22/h3-8,11-15,18H,9-10H2,1-2H3,(H,28,32)(H,29,31)(H,30,33). The van der Waals surface area contributed by atoms with Crippen LogP contribution in [0.15, 0.2) is 60.8 Å². The molecule has 0 spiro atoms. The van der Waals surface area contributed by atoms with E-state index in [9.17, 15) is 9.59 Å². The van der Waals surface area contributed by atoms with Crippen molar-refractivity contribution in [3.63, 3.8) is 0 Å². The molecular formula is C26H25N5O2S. The molecule has 0 unspecified atom stereocenters. The fourth-order valence-corrected chi connectivity index (χ4v) is 4.47. The highest BCUT2D eigenvalue weighted by Gasteiger charge is 2.24. The molecule has 3 heterocycles. The Kier molecular flexibility index (Phi) is 5.98. The highest BCUT2D eigenvalue weighted by molar-refractivity contribution is 7.20. The summed E-state index contributed by atoms with van der Waals surface area (Å²) in [5.41, 5.74) is 2.91. The van der Waals surface area contributed by atoms with Crippen molar-refractivity contribution in [3.05, 3.63) is 71.2 Å². The first-order valence-electron chi connectivity index (χ1n) is 11.3. The van der Waals surface area contributed by atoms with Gasteiger partial charge in [-0.25, -0.2) is 9.97 Å². The van der Waals surface area contributed by atoms with E-state index in [0.717, 1.165) is 34.3 Å². The van der Waals surface area contributed by atoms with Crippen molar-refractivity contribution in [1.29, 1.82) is 0 Å². The van der Waals surface area contributed by atoms with E-state index in [-0.39, 0.29) is 17.9 Å². The minimum absolute atomic E-state index is 0.0486. The minimum atomic E-state index is -0.162. The van der Waals surface area contributed by atoms with Gasteiger partial charge in [-0.2, -0.15) is 0 Å². The van der Waals surface area contributed by atoms with Crippen molar-refractivity contribution in [2.45, 2.75) is 38.8 Å². The lowest BCUT2D eigenvalue weighted by molar-refractivity contribution is 0.0943. The summed E-state index contributed by atoms with van der Waals surface area (Å²) in [6, 6.07) is 17.3. The first kappa shape index (κ1) is 22.0. The number of amides is 2. The summed E-state index contributed by atoms with van der Waals surface area (Å²) < 4.78 is 0. The molecule has 8 heteroatoms. The predicted octanol–water partition coefficient (Wildman–Crippen LogP) is 5.32. The molecule has 0 radical (unpaired) electrons. The number of nitrogens with zero attached hydrogens (tertiary/aromatic N) is 2. The number of nitrogens with one attached hydrogen (secondary N) is 3. The molecule has 172 valence electrons. The smallest absolute Gasteiger partial charge is 0.265 e. The van der Waals surface area contributed by atoms with Crippen LogP contribution < -0.4 is 16.0 Å². The van der Waals surface area contributed by atoms with Gasteiger partial charge in [0.05, 0.1) is 16.1 Å². The maximum Gasteiger partial charge on any atom is 0.265 e. The topological polar surface area (TPSA) is 96.0 Å². The van der Waals surface area contributed by atoms with Crippen LogP contribution >= 0.6 is 11.3 Å². The average Bonchev–Trinajstić information content (AvgIpc) is 3.52. The van der Waals surface area contributed by atoms with E-state index in [4.69, 9.17) is 4.98 Å². The molecule has 1 fully saturated rings. The summed E-state index contributed by atoms with van der Waals surface area (Å²) in [6.07, 6.45) is 3.89. The lowest BCUT2D eigenvalue weighted by Gasteiger charge is -2.14. The van der Waals surface area contributed by atoms with Crippen LogP contribution in [-0.2, 0) is 0 Å². The van der Waals surface area contributed by atoms with Gasteiger partial charge in [0.25, 0.3) is 11.8 Å². The van der Waals surface area contributed by atoms with Crippen LogP contribution in [0.2, 0.25) is 0 Å². The van der Waals surface area contributed by atoms with Crippen molar-refractivity contribution < 1.29 is 9.59 Å². The Balaban J connectivity index is 1.34. The number of carbonyl (C=O) groups is 2.